The molecule has 1 N–H and O–H groups in total. The van der Waals surface area contributed by atoms with Crippen molar-refractivity contribution >= 4 is 5.91 Å². The van der Waals surface area contributed by atoms with E-state index >= 15 is 0 Å². The van der Waals surface area contributed by atoms with Crippen LogP contribution in [0.3, 0.4) is 0 Å². The average molecular weight is 196 g/mol. The van der Waals surface area contributed by atoms with Crippen LogP contribution in [0.2, 0.25) is 0 Å². The molecule has 3 heteroatoms. The minimum Gasteiger partial charge on any atom is -0.341 e. The third-order valence-corrected chi connectivity index (χ3v) is 3.90. The van der Waals surface area contributed by atoms with E-state index in [0.29, 0.717) is 11.5 Å². The number of hydrogen-bond donors (Lipinski definition) is 1. The molecule has 1 saturated carbocycles. The lowest BCUT2D eigenvalue weighted by Crippen LogP contribution is -2.60. The molecule has 0 spiro atoms. The van der Waals surface area contributed by atoms with Crippen molar-refractivity contribution < 1.29 is 4.79 Å². The maximum atomic E-state index is 11.9. The Bertz CT molecular complexity index is 246. The van der Waals surface area contributed by atoms with Crippen LogP contribution in [0.25, 0.3) is 0 Å². The molecule has 2 rings (SSSR count). The van der Waals surface area contributed by atoms with E-state index in [4.69, 9.17) is 0 Å². The molecule has 2 fully saturated rings. The first-order chi connectivity index (χ1) is 6.52. The first kappa shape index (κ1) is 9.97. The molecule has 0 radical (unpaired) electrons. The van der Waals surface area contributed by atoms with Crippen molar-refractivity contribution in [3.05, 3.63) is 0 Å². The maximum Gasteiger partial charge on any atom is 0.239 e. The van der Waals surface area contributed by atoms with Gasteiger partial charge in [0.15, 0.2) is 0 Å². The Morgan fingerprint density at radius 2 is 2.07 bits per heavy atom. The highest BCUT2D eigenvalue weighted by molar-refractivity contribution is 5.83. The summed E-state index contributed by atoms with van der Waals surface area (Å²) in [7, 11) is 1.95. The van der Waals surface area contributed by atoms with Gasteiger partial charge in [0.2, 0.25) is 5.91 Å². The van der Waals surface area contributed by atoms with Gasteiger partial charge in [-0.1, -0.05) is 13.8 Å². The predicted molar refractivity (Wildman–Crippen MR) is 56.0 cm³/mol. The molecular weight excluding hydrogens is 176 g/mol. The highest BCUT2D eigenvalue weighted by Gasteiger charge is 2.44. The maximum absolute atomic E-state index is 11.9. The summed E-state index contributed by atoms with van der Waals surface area (Å²) in [4.78, 5) is 13.9. The lowest BCUT2D eigenvalue weighted by molar-refractivity contribution is -0.142. The van der Waals surface area contributed by atoms with Crippen molar-refractivity contribution in [1.82, 2.24) is 10.2 Å². The molecule has 0 aromatic carbocycles. The fraction of sp³-hybridized carbons (Fsp3) is 0.909. The van der Waals surface area contributed by atoms with Crippen LogP contribution in [0, 0.1) is 5.41 Å². The molecule has 2 unspecified atom stereocenters. The zero-order valence-electron chi connectivity index (χ0n) is 9.34. The predicted octanol–water partition coefficient (Wildman–Crippen LogP) is 0.995. The molecule has 3 nitrogen and oxygen atoms in total. The lowest BCUT2D eigenvalue weighted by atomic mass is 9.66. The molecule has 1 amide bonds. The van der Waals surface area contributed by atoms with Crippen LogP contribution in [0.1, 0.15) is 33.1 Å². The van der Waals surface area contributed by atoms with E-state index in [2.05, 4.69) is 19.2 Å². The Morgan fingerprint density at radius 1 is 1.43 bits per heavy atom. The van der Waals surface area contributed by atoms with E-state index in [1.807, 2.05) is 11.9 Å². The van der Waals surface area contributed by atoms with E-state index < -0.39 is 0 Å². The van der Waals surface area contributed by atoms with Crippen LogP contribution in [0.4, 0.5) is 0 Å². The van der Waals surface area contributed by atoms with Crippen LogP contribution in [-0.4, -0.2) is 36.5 Å². The van der Waals surface area contributed by atoms with Crippen molar-refractivity contribution in [2.75, 3.05) is 13.6 Å². The molecule has 2 atom stereocenters. The van der Waals surface area contributed by atoms with Gasteiger partial charge in [-0.05, 0) is 31.2 Å². The van der Waals surface area contributed by atoms with Crippen molar-refractivity contribution in [1.29, 1.82) is 0 Å². The molecule has 0 aromatic rings. The van der Waals surface area contributed by atoms with Gasteiger partial charge in [0.1, 0.15) is 0 Å². The van der Waals surface area contributed by atoms with Crippen LogP contribution >= 0.6 is 0 Å². The fourth-order valence-corrected chi connectivity index (χ4v) is 2.47. The molecule has 1 aliphatic heterocycles. The average Bonchev–Trinajstić information content (AvgIpc) is 1.99. The Hall–Kier alpha value is -0.570. The van der Waals surface area contributed by atoms with Crippen LogP contribution in [0.15, 0.2) is 0 Å². The molecule has 1 saturated heterocycles. The summed E-state index contributed by atoms with van der Waals surface area (Å²) in [5, 5.41) is 3.17. The Kier molecular flexibility index (Phi) is 2.30. The van der Waals surface area contributed by atoms with Gasteiger partial charge in [-0.15, -0.1) is 0 Å². The number of amides is 1. The minimum absolute atomic E-state index is 0.108. The number of carbonyl (C=O) groups excluding carboxylic acids is 1. The summed E-state index contributed by atoms with van der Waals surface area (Å²) in [6.07, 6.45) is 3.42. The minimum atomic E-state index is 0.108. The van der Waals surface area contributed by atoms with Crippen LogP contribution in [-0.2, 0) is 4.79 Å². The van der Waals surface area contributed by atoms with Gasteiger partial charge < -0.3 is 10.2 Å². The van der Waals surface area contributed by atoms with Crippen molar-refractivity contribution in [3.63, 3.8) is 0 Å². The Balaban J connectivity index is 1.94. The molecule has 1 aliphatic carbocycles. The van der Waals surface area contributed by atoms with Gasteiger partial charge in [-0.25, -0.2) is 0 Å². The third-order valence-electron chi connectivity index (χ3n) is 3.90. The first-order valence-electron chi connectivity index (χ1n) is 5.52. The number of hydrogen-bond acceptors (Lipinski definition) is 2. The van der Waals surface area contributed by atoms with Gasteiger partial charge in [0.05, 0.1) is 6.04 Å². The number of likely N-dealkylation sites (N-methyl/N-ethyl adjacent to an activating group) is 1. The zero-order chi connectivity index (χ0) is 10.3. The largest absolute Gasteiger partial charge is 0.341 e. The number of rotatable bonds is 2. The molecule has 2 aliphatic rings. The first-order valence-corrected chi connectivity index (χ1v) is 5.52. The van der Waals surface area contributed by atoms with Gasteiger partial charge in [-0.2, -0.15) is 0 Å². The smallest absolute Gasteiger partial charge is 0.239 e. The fourth-order valence-electron chi connectivity index (χ4n) is 2.47. The van der Waals surface area contributed by atoms with Gasteiger partial charge in [-0.3, -0.25) is 4.79 Å². The molecule has 0 aromatic heterocycles. The van der Waals surface area contributed by atoms with Gasteiger partial charge >= 0.3 is 0 Å². The Morgan fingerprint density at radius 3 is 2.36 bits per heavy atom. The highest BCUT2D eigenvalue weighted by atomic mass is 16.2. The molecule has 14 heavy (non-hydrogen) atoms. The number of carbonyl (C=O) groups is 1. The van der Waals surface area contributed by atoms with E-state index in [1.54, 1.807) is 0 Å². The van der Waals surface area contributed by atoms with Gasteiger partial charge in [0, 0.05) is 13.1 Å². The second-order valence-electron chi connectivity index (χ2n) is 5.29. The number of nitrogens with zero attached hydrogens (tertiary/aromatic N) is 1. The van der Waals surface area contributed by atoms with E-state index in [-0.39, 0.29) is 11.9 Å². The summed E-state index contributed by atoms with van der Waals surface area (Å²) in [6.45, 7) is 5.50. The van der Waals surface area contributed by atoms with Gasteiger partial charge in [0.25, 0.3) is 0 Å². The zero-order valence-corrected chi connectivity index (χ0v) is 9.34. The lowest BCUT2D eigenvalue weighted by Gasteiger charge is -2.50. The van der Waals surface area contributed by atoms with Crippen molar-refractivity contribution in [2.45, 2.75) is 45.2 Å². The molecule has 80 valence electrons. The monoisotopic (exact) mass is 196 g/mol. The second-order valence-corrected chi connectivity index (χ2v) is 5.29. The highest BCUT2D eigenvalue weighted by Crippen LogP contribution is 2.43. The number of nitrogens with one attached hydrogen (secondary N) is 1. The quantitative estimate of drug-likeness (QED) is 0.714. The molecular formula is C11H20N2O. The summed E-state index contributed by atoms with van der Waals surface area (Å²) in [6, 6.07) is 0.564. The van der Waals surface area contributed by atoms with Crippen LogP contribution < -0.4 is 5.32 Å². The van der Waals surface area contributed by atoms with Crippen LogP contribution in [0.5, 0.6) is 0 Å². The normalized spacial score (nSPS) is 34.2. The third kappa shape index (κ3) is 1.44. The molecule has 1 heterocycles. The molecule has 0 bridgehead atoms. The Labute approximate surface area is 85.8 Å². The summed E-state index contributed by atoms with van der Waals surface area (Å²) in [5.41, 5.74) is 0.328. The summed E-state index contributed by atoms with van der Waals surface area (Å²) >= 11 is 0. The SMILES string of the molecule is CN(C(=O)C1CCN1)C1CCC1(C)C. The summed E-state index contributed by atoms with van der Waals surface area (Å²) in [5.74, 6) is 0.286. The van der Waals surface area contributed by atoms with E-state index in [1.165, 1.54) is 12.8 Å². The second kappa shape index (κ2) is 3.23. The topological polar surface area (TPSA) is 32.3 Å². The van der Waals surface area contributed by atoms with E-state index in [9.17, 15) is 4.79 Å². The van der Waals surface area contributed by atoms with E-state index in [0.717, 1.165) is 13.0 Å². The standard InChI is InChI=1S/C11H20N2O/c1-11(2)6-4-9(11)13(3)10(14)8-5-7-12-8/h8-9,12H,4-7H2,1-3H3. The summed E-state index contributed by atoms with van der Waals surface area (Å²) < 4.78 is 0. The van der Waals surface area contributed by atoms with Crippen molar-refractivity contribution in [3.8, 4) is 0 Å². The van der Waals surface area contributed by atoms with Crippen molar-refractivity contribution in [2.24, 2.45) is 5.41 Å².